The predicted molar refractivity (Wildman–Crippen MR) is 73.4 cm³/mol. The van der Waals surface area contributed by atoms with Crippen molar-refractivity contribution in [2.24, 2.45) is 0 Å². The van der Waals surface area contributed by atoms with Crippen LogP contribution in [0.2, 0.25) is 0 Å². The zero-order valence-electron chi connectivity index (χ0n) is 11.0. The third-order valence-electron chi connectivity index (χ3n) is 2.64. The van der Waals surface area contributed by atoms with Gasteiger partial charge in [-0.25, -0.2) is 9.97 Å². The molecule has 0 aliphatic rings. The van der Waals surface area contributed by atoms with E-state index in [0.29, 0.717) is 30.4 Å². The first kappa shape index (κ1) is 13.6. The zero-order chi connectivity index (χ0) is 14.4. The van der Waals surface area contributed by atoms with E-state index in [0.717, 1.165) is 0 Å². The monoisotopic (exact) mass is 270 g/mol. The van der Waals surface area contributed by atoms with Gasteiger partial charge in [-0.05, 0) is 12.1 Å². The van der Waals surface area contributed by atoms with E-state index >= 15 is 0 Å². The van der Waals surface area contributed by atoms with Gasteiger partial charge >= 0.3 is 0 Å². The second-order valence-corrected chi connectivity index (χ2v) is 3.95. The quantitative estimate of drug-likeness (QED) is 0.886. The molecule has 0 aliphatic heterocycles. The van der Waals surface area contributed by atoms with Crippen LogP contribution in [0.5, 0.6) is 11.5 Å². The normalized spacial score (nSPS) is 9.80. The number of hydrogen-bond acceptors (Lipinski definition) is 6. The summed E-state index contributed by atoms with van der Waals surface area (Å²) in [5.74, 6) is 2.07. The Bertz CT molecular complexity index is 637. The third kappa shape index (κ3) is 3.14. The summed E-state index contributed by atoms with van der Waals surface area (Å²) in [5, 5.41) is 8.74. The van der Waals surface area contributed by atoms with Crippen LogP contribution in [0.25, 0.3) is 0 Å². The van der Waals surface area contributed by atoms with E-state index in [1.54, 1.807) is 7.11 Å². The number of anilines is 1. The Balaban J connectivity index is 1.96. The van der Waals surface area contributed by atoms with Gasteiger partial charge < -0.3 is 15.2 Å². The number of nitrogen functional groups attached to an aromatic ring is 1. The number of para-hydroxylation sites is 2. The molecule has 1 aromatic heterocycles. The van der Waals surface area contributed by atoms with Crippen LogP contribution in [0.15, 0.2) is 30.5 Å². The van der Waals surface area contributed by atoms with E-state index in [1.807, 2.05) is 30.3 Å². The van der Waals surface area contributed by atoms with Crippen LogP contribution in [-0.4, -0.2) is 23.7 Å². The second kappa shape index (κ2) is 6.38. The highest BCUT2D eigenvalue weighted by molar-refractivity contribution is 5.46. The molecule has 0 unspecified atom stereocenters. The highest BCUT2D eigenvalue weighted by Gasteiger charge is 2.05. The summed E-state index contributed by atoms with van der Waals surface area (Å²) in [5.41, 5.74) is 5.90. The molecule has 102 valence electrons. The summed E-state index contributed by atoms with van der Waals surface area (Å²) in [6, 6.07) is 9.31. The second-order valence-electron chi connectivity index (χ2n) is 3.95. The SMILES string of the molecule is COc1ccccc1OCCc1ncc(C#N)c(N)n1. The number of methoxy groups -OCH3 is 1. The minimum Gasteiger partial charge on any atom is -0.493 e. The maximum absolute atomic E-state index is 8.74. The number of hydrogen-bond donors (Lipinski definition) is 1. The van der Waals surface area contributed by atoms with Crippen molar-refractivity contribution >= 4 is 5.82 Å². The smallest absolute Gasteiger partial charge is 0.161 e. The Morgan fingerprint density at radius 2 is 2.05 bits per heavy atom. The molecule has 6 heteroatoms. The molecule has 2 rings (SSSR count). The summed E-state index contributed by atoms with van der Waals surface area (Å²) < 4.78 is 10.8. The molecule has 0 fully saturated rings. The Kier molecular flexibility index (Phi) is 4.35. The molecule has 2 N–H and O–H groups in total. The zero-order valence-corrected chi connectivity index (χ0v) is 11.0. The minimum atomic E-state index is 0.190. The van der Waals surface area contributed by atoms with Crippen LogP contribution < -0.4 is 15.2 Å². The maximum Gasteiger partial charge on any atom is 0.161 e. The Morgan fingerprint density at radius 1 is 1.30 bits per heavy atom. The summed E-state index contributed by atoms with van der Waals surface area (Å²) >= 11 is 0. The van der Waals surface area contributed by atoms with Crippen molar-refractivity contribution < 1.29 is 9.47 Å². The van der Waals surface area contributed by atoms with Crippen molar-refractivity contribution in [1.82, 2.24) is 9.97 Å². The molecular weight excluding hydrogens is 256 g/mol. The molecule has 6 nitrogen and oxygen atoms in total. The van der Waals surface area contributed by atoms with Crippen molar-refractivity contribution in [1.29, 1.82) is 5.26 Å². The molecule has 20 heavy (non-hydrogen) atoms. The molecule has 0 saturated heterocycles. The molecule has 2 aromatic rings. The molecular formula is C14H14N4O2. The first-order valence-electron chi connectivity index (χ1n) is 6.02. The van der Waals surface area contributed by atoms with Crippen molar-refractivity contribution in [2.75, 3.05) is 19.5 Å². The van der Waals surface area contributed by atoms with Gasteiger partial charge in [-0.1, -0.05) is 12.1 Å². The molecule has 1 heterocycles. The Morgan fingerprint density at radius 3 is 2.70 bits per heavy atom. The van der Waals surface area contributed by atoms with Gasteiger partial charge in [-0.15, -0.1) is 0 Å². The summed E-state index contributed by atoms with van der Waals surface area (Å²) in [4.78, 5) is 8.11. The van der Waals surface area contributed by atoms with Crippen LogP contribution in [0.3, 0.4) is 0 Å². The number of nitriles is 1. The topological polar surface area (TPSA) is 94.0 Å². The van der Waals surface area contributed by atoms with Crippen LogP contribution >= 0.6 is 0 Å². The lowest BCUT2D eigenvalue weighted by atomic mass is 10.3. The lowest BCUT2D eigenvalue weighted by Crippen LogP contribution is -2.08. The summed E-state index contributed by atoms with van der Waals surface area (Å²) in [7, 11) is 1.59. The molecule has 0 radical (unpaired) electrons. The lowest BCUT2D eigenvalue weighted by molar-refractivity contribution is 0.295. The Hall–Kier alpha value is -2.81. The summed E-state index contributed by atoms with van der Waals surface area (Å²) in [6.07, 6.45) is 1.91. The van der Waals surface area contributed by atoms with E-state index in [1.165, 1.54) is 6.20 Å². The third-order valence-corrected chi connectivity index (χ3v) is 2.64. The van der Waals surface area contributed by atoms with Crippen molar-refractivity contribution in [2.45, 2.75) is 6.42 Å². The number of nitrogens with zero attached hydrogens (tertiary/aromatic N) is 3. The van der Waals surface area contributed by atoms with E-state index < -0.39 is 0 Å². The molecule has 0 atom stereocenters. The number of ether oxygens (including phenoxy) is 2. The van der Waals surface area contributed by atoms with Gasteiger partial charge in [0, 0.05) is 6.42 Å². The number of aromatic nitrogens is 2. The van der Waals surface area contributed by atoms with Crippen molar-refractivity contribution in [3.8, 4) is 17.6 Å². The number of nitrogens with two attached hydrogens (primary N) is 1. The minimum absolute atomic E-state index is 0.190. The van der Waals surface area contributed by atoms with Crippen molar-refractivity contribution in [3.63, 3.8) is 0 Å². The highest BCUT2D eigenvalue weighted by atomic mass is 16.5. The van der Waals surface area contributed by atoms with Gasteiger partial charge in [0.15, 0.2) is 11.5 Å². The molecule has 0 bridgehead atoms. The fraction of sp³-hybridized carbons (Fsp3) is 0.214. The fourth-order valence-corrected chi connectivity index (χ4v) is 1.63. The largest absolute Gasteiger partial charge is 0.493 e. The van der Waals surface area contributed by atoms with Gasteiger partial charge in [0.25, 0.3) is 0 Å². The van der Waals surface area contributed by atoms with Crippen LogP contribution in [-0.2, 0) is 6.42 Å². The lowest BCUT2D eigenvalue weighted by Gasteiger charge is -2.09. The van der Waals surface area contributed by atoms with E-state index in [9.17, 15) is 0 Å². The number of rotatable bonds is 5. The fourth-order valence-electron chi connectivity index (χ4n) is 1.63. The van der Waals surface area contributed by atoms with Gasteiger partial charge in [0.2, 0.25) is 0 Å². The van der Waals surface area contributed by atoms with Crippen LogP contribution in [0, 0.1) is 11.3 Å². The van der Waals surface area contributed by atoms with E-state index in [2.05, 4.69) is 9.97 Å². The molecule has 0 saturated carbocycles. The average Bonchev–Trinajstić information content (AvgIpc) is 2.48. The van der Waals surface area contributed by atoms with Crippen molar-refractivity contribution in [3.05, 3.63) is 41.9 Å². The first-order chi connectivity index (χ1) is 9.74. The van der Waals surface area contributed by atoms with Gasteiger partial charge in [-0.2, -0.15) is 5.26 Å². The van der Waals surface area contributed by atoms with E-state index in [4.69, 9.17) is 20.5 Å². The summed E-state index contributed by atoms with van der Waals surface area (Å²) in [6.45, 7) is 0.395. The van der Waals surface area contributed by atoms with E-state index in [-0.39, 0.29) is 11.4 Å². The standard InChI is InChI=1S/C14H14N4O2/c1-19-11-4-2-3-5-12(11)20-7-6-13-17-9-10(8-15)14(16)18-13/h2-5,9H,6-7H2,1H3,(H2,16,17,18). The maximum atomic E-state index is 8.74. The molecule has 0 spiro atoms. The molecule has 0 aliphatic carbocycles. The van der Waals surface area contributed by atoms with Gasteiger partial charge in [0.05, 0.1) is 19.9 Å². The first-order valence-corrected chi connectivity index (χ1v) is 6.02. The van der Waals surface area contributed by atoms with Gasteiger partial charge in [-0.3, -0.25) is 0 Å². The van der Waals surface area contributed by atoms with Crippen LogP contribution in [0.1, 0.15) is 11.4 Å². The molecule has 0 amide bonds. The highest BCUT2D eigenvalue weighted by Crippen LogP contribution is 2.25. The predicted octanol–water partition coefficient (Wildman–Crippen LogP) is 1.56. The average molecular weight is 270 g/mol. The van der Waals surface area contributed by atoms with Gasteiger partial charge in [0.1, 0.15) is 23.3 Å². The number of benzene rings is 1. The van der Waals surface area contributed by atoms with Crippen LogP contribution in [0.4, 0.5) is 5.82 Å². The Labute approximate surface area is 116 Å². The molecule has 1 aromatic carbocycles.